The molecule has 5 heteroatoms. The molecule has 0 unspecified atom stereocenters. The Balaban J connectivity index is 1.87. The number of amides is 1. The van der Waals surface area contributed by atoms with Gasteiger partial charge in [-0.05, 0) is 44.0 Å². The van der Waals surface area contributed by atoms with Crippen LogP contribution in [0.25, 0.3) is 5.65 Å². The smallest absolute Gasteiger partial charge is 0.274 e. The molecule has 0 aliphatic carbocycles. The second-order valence-corrected chi connectivity index (χ2v) is 5.34. The van der Waals surface area contributed by atoms with Crippen LogP contribution >= 0.6 is 0 Å². The molecular weight excluding hydrogens is 276 g/mol. The van der Waals surface area contributed by atoms with Crippen LogP contribution in [0.4, 0.5) is 5.69 Å². The number of aromatic nitrogens is 3. The van der Waals surface area contributed by atoms with Gasteiger partial charge in [-0.1, -0.05) is 19.1 Å². The molecule has 22 heavy (non-hydrogen) atoms. The zero-order valence-electron chi connectivity index (χ0n) is 12.9. The number of carbonyl (C=O) groups is 1. The SMILES string of the molecule is CCc1ccc(NC(=O)c2cc(C)n3nc(C)cc3n2)cc1. The van der Waals surface area contributed by atoms with Gasteiger partial charge in [0.25, 0.3) is 5.91 Å². The van der Waals surface area contributed by atoms with Crippen molar-refractivity contribution in [3.05, 3.63) is 59.0 Å². The van der Waals surface area contributed by atoms with E-state index in [0.29, 0.717) is 11.3 Å². The van der Waals surface area contributed by atoms with Gasteiger partial charge >= 0.3 is 0 Å². The Morgan fingerprint density at radius 2 is 1.91 bits per heavy atom. The van der Waals surface area contributed by atoms with E-state index in [1.807, 2.05) is 44.2 Å². The number of hydrogen-bond acceptors (Lipinski definition) is 3. The van der Waals surface area contributed by atoms with Crippen LogP contribution in [0.2, 0.25) is 0 Å². The van der Waals surface area contributed by atoms with Crippen molar-refractivity contribution in [2.75, 3.05) is 5.32 Å². The molecule has 0 aliphatic rings. The van der Waals surface area contributed by atoms with Crippen LogP contribution < -0.4 is 5.32 Å². The van der Waals surface area contributed by atoms with Gasteiger partial charge in [0.1, 0.15) is 5.69 Å². The predicted molar refractivity (Wildman–Crippen MR) is 86.2 cm³/mol. The van der Waals surface area contributed by atoms with Gasteiger partial charge in [0.2, 0.25) is 0 Å². The molecule has 0 radical (unpaired) electrons. The number of carbonyl (C=O) groups excluding carboxylic acids is 1. The number of nitrogens with one attached hydrogen (secondary N) is 1. The third-order valence-electron chi connectivity index (χ3n) is 3.58. The summed E-state index contributed by atoms with van der Waals surface area (Å²) in [6.45, 7) is 5.92. The third kappa shape index (κ3) is 2.70. The topological polar surface area (TPSA) is 59.3 Å². The maximum Gasteiger partial charge on any atom is 0.274 e. The molecule has 3 aromatic rings. The summed E-state index contributed by atoms with van der Waals surface area (Å²) in [5.74, 6) is -0.214. The standard InChI is InChI=1S/C17H18N4O/c1-4-13-5-7-14(8-6-13)18-17(22)15-10-12(3)21-16(19-15)9-11(2)20-21/h5-10H,4H2,1-3H3,(H,18,22). The van der Waals surface area contributed by atoms with Crippen LogP contribution in [0.3, 0.4) is 0 Å². The van der Waals surface area contributed by atoms with Crippen LogP contribution in [-0.2, 0) is 6.42 Å². The summed E-state index contributed by atoms with van der Waals surface area (Å²) in [4.78, 5) is 16.7. The molecule has 0 spiro atoms. The van der Waals surface area contributed by atoms with E-state index >= 15 is 0 Å². The quantitative estimate of drug-likeness (QED) is 0.807. The molecule has 0 saturated carbocycles. The summed E-state index contributed by atoms with van der Waals surface area (Å²) >= 11 is 0. The van der Waals surface area contributed by atoms with Crippen molar-refractivity contribution in [3.8, 4) is 0 Å². The fourth-order valence-electron chi connectivity index (χ4n) is 2.37. The van der Waals surface area contributed by atoms with Crippen molar-refractivity contribution in [2.45, 2.75) is 27.2 Å². The highest BCUT2D eigenvalue weighted by atomic mass is 16.1. The van der Waals surface area contributed by atoms with E-state index in [4.69, 9.17) is 0 Å². The van der Waals surface area contributed by atoms with Gasteiger partial charge in [0.15, 0.2) is 5.65 Å². The lowest BCUT2D eigenvalue weighted by atomic mass is 10.1. The van der Waals surface area contributed by atoms with Gasteiger partial charge in [-0.25, -0.2) is 9.50 Å². The summed E-state index contributed by atoms with van der Waals surface area (Å²) in [5, 5.41) is 7.22. The number of fused-ring (bicyclic) bond motifs is 1. The molecule has 2 heterocycles. The number of aryl methyl sites for hydroxylation is 3. The second kappa shape index (κ2) is 5.60. The molecule has 112 valence electrons. The minimum Gasteiger partial charge on any atom is -0.321 e. The monoisotopic (exact) mass is 294 g/mol. The Kier molecular flexibility index (Phi) is 3.63. The van der Waals surface area contributed by atoms with E-state index in [1.165, 1.54) is 5.56 Å². The van der Waals surface area contributed by atoms with Crippen LogP contribution in [0.5, 0.6) is 0 Å². The highest BCUT2D eigenvalue weighted by Crippen LogP contribution is 2.13. The lowest BCUT2D eigenvalue weighted by Crippen LogP contribution is -2.15. The highest BCUT2D eigenvalue weighted by molar-refractivity contribution is 6.03. The molecule has 1 N–H and O–H groups in total. The fourth-order valence-corrected chi connectivity index (χ4v) is 2.37. The molecular formula is C17H18N4O. The lowest BCUT2D eigenvalue weighted by Gasteiger charge is -2.07. The Morgan fingerprint density at radius 1 is 1.18 bits per heavy atom. The number of rotatable bonds is 3. The maximum absolute atomic E-state index is 12.4. The van der Waals surface area contributed by atoms with Crippen LogP contribution in [0.15, 0.2) is 36.4 Å². The van der Waals surface area contributed by atoms with Gasteiger partial charge in [-0.2, -0.15) is 5.10 Å². The largest absolute Gasteiger partial charge is 0.321 e. The maximum atomic E-state index is 12.4. The molecule has 1 amide bonds. The molecule has 5 nitrogen and oxygen atoms in total. The Labute approximate surface area is 129 Å². The first-order chi connectivity index (χ1) is 10.6. The van der Waals surface area contributed by atoms with E-state index in [1.54, 1.807) is 10.6 Å². The zero-order chi connectivity index (χ0) is 15.7. The van der Waals surface area contributed by atoms with Gasteiger partial charge in [-0.15, -0.1) is 0 Å². The second-order valence-electron chi connectivity index (χ2n) is 5.34. The van der Waals surface area contributed by atoms with E-state index in [0.717, 1.165) is 23.5 Å². The average Bonchev–Trinajstić information content (AvgIpc) is 2.89. The minimum atomic E-state index is -0.214. The fraction of sp³-hybridized carbons (Fsp3) is 0.235. The average molecular weight is 294 g/mol. The Hall–Kier alpha value is -2.69. The summed E-state index contributed by atoms with van der Waals surface area (Å²) in [6.07, 6.45) is 0.978. The van der Waals surface area contributed by atoms with Crippen molar-refractivity contribution in [1.82, 2.24) is 14.6 Å². The van der Waals surface area contributed by atoms with Crippen LogP contribution in [0, 0.1) is 13.8 Å². The molecule has 2 aromatic heterocycles. The predicted octanol–water partition coefficient (Wildman–Crippen LogP) is 3.16. The van der Waals surface area contributed by atoms with Crippen molar-refractivity contribution in [1.29, 1.82) is 0 Å². The molecule has 0 aliphatic heterocycles. The van der Waals surface area contributed by atoms with Crippen LogP contribution in [0.1, 0.15) is 34.4 Å². The van der Waals surface area contributed by atoms with E-state index in [2.05, 4.69) is 22.3 Å². The number of anilines is 1. The molecule has 0 fully saturated rings. The summed E-state index contributed by atoms with van der Waals surface area (Å²) in [5.41, 5.74) is 4.84. The van der Waals surface area contributed by atoms with E-state index in [9.17, 15) is 4.79 Å². The highest BCUT2D eigenvalue weighted by Gasteiger charge is 2.12. The molecule has 0 bridgehead atoms. The van der Waals surface area contributed by atoms with Gasteiger partial charge in [0, 0.05) is 17.4 Å². The Bertz CT molecular complexity index is 834. The molecule has 0 atom stereocenters. The first kappa shape index (κ1) is 14.3. The van der Waals surface area contributed by atoms with E-state index < -0.39 is 0 Å². The van der Waals surface area contributed by atoms with Gasteiger partial charge in [-0.3, -0.25) is 4.79 Å². The number of benzene rings is 1. The van der Waals surface area contributed by atoms with Crippen molar-refractivity contribution >= 4 is 17.2 Å². The van der Waals surface area contributed by atoms with Crippen molar-refractivity contribution in [3.63, 3.8) is 0 Å². The lowest BCUT2D eigenvalue weighted by molar-refractivity contribution is 0.102. The normalized spacial score (nSPS) is 10.9. The Morgan fingerprint density at radius 3 is 2.59 bits per heavy atom. The number of nitrogens with zero attached hydrogens (tertiary/aromatic N) is 3. The summed E-state index contributed by atoms with van der Waals surface area (Å²) < 4.78 is 1.74. The van der Waals surface area contributed by atoms with Crippen molar-refractivity contribution < 1.29 is 4.79 Å². The molecule has 1 aromatic carbocycles. The number of hydrogen-bond donors (Lipinski definition) is 1. The first-order valence-electron chi connectivity index (χ1n) is 7.31. The van der Waals surface area contributed by atoms with Gasteiger partial charge < -0.3 is 5.32 Å². The zero-order valence-corrected chi connectivity index (χ0v) is 12.9. The minimum absolute atomic E-state index is 0.214. The van der Waals surface area contributed by atoms with E-state index in [-0.39, 0.29) is 5.91 Å². The molecule has 0 saturated heterocycles. The summed E-state index contributed by atoms with van der Waals surface area (Å²) in [7, 11) is 0. The third-order valence-corrected chi connectivity index (χ3v) is 3.58. The van der Waals surface area contributed by atoms with Crippen molar-refractivity contribution in [2.24, 2.45) is 0 Å². The summed E-state index contributed by atoms with van der Waals surface area (Å²) in [6, 6.07) is 11.4. The van der Waals surface area contributed by atoms with Gasteiger partial charge in [0.05, 0.1) is 5.69 Å². The molecule has 3 rings (SSSR count). The first-order valence-corrected chi connectivity index (χ1v) is 7.31. The van der Waals surface area contributed by atoms with Crippen LogP contribution in [-0.4, -0.2) is 20.5 Å².